The van der Waals surface area contributed by atoms with Crippen molar-refractivity contribution in [1.82, 2.24) is 5.32 Å². The number of nitrogens with two attached hydrogens (primary N) is 1. The van der Waals surface area contributed by atoms with E-state index in [4.69, 9.17) is 5.73 Å². The second-order valence-electron chi connectivity index (χ2n) is 6.50. The number of benzene rings is 3. The molecule has 0 unspecified atom stereocenters. The minimum atomic E-state index is -1.02. The summed E-state index contributed by atoms with van der Waals surface area (Å²) >= 11 is 0. The molecule has 0 saturated carbocycles. The van der Waals surface area contributed by atoms with E-state index in [1.165, 1.54) is 18.2 Å². The van der Waals surface area contributed by atoms with Crippen LogP contribution < -0.4 is 11.1 Å². The summed E-state index contributed by atoms with van der Waals surface area (Å²) in [4.78, 5) is 36.5. The Hall–Kier alpha value is -3.80. The Bertz CT molecular complexity index is 1030. The molecule has 5 nitrogen and oxygen atoms in total. The van der Waals surface area contributed by atoms with Crippen molar-refractivity contribution >= 4 is 17.6 Å². The van der Waals surface area contributed by atoms with E-state index >= 15 is 0 Å². The van der Waals surface area contributed by atoms with Crippen LogP contribution in [0.25, 0.3) is 0 Å². The van der Waals surface area contributed by atoms with E-state index in [-0.39, 0.29) is 17.8 Å². The molecule has 0 saturated heterocycles. The van der Waals surface area contributed by atoms with E-state index in [0.717, 1.165) is 6.07 Å². The first kappa shape index (κ1) is 19.9. The minimum Gasteiger partial charge on any atom is -0.368 e. The highest BCUT2D eigenvalue weighted by atomic mass is 19.1. The van der Waals surface area contributed by atoms with Crippen molar-refractivity contribution in [2.75, 3.05) is 0 Å². The van der Waals surface area contributed by atoms with E-state index in [1.807, 2.05) is 6.07 Å². The average molecular weight is 390 g/mol. The van der Waals surface area contributed by atoms with Gasteiger partial charge < -0.3 is 11.1 Å². The number of hydrogen-bond donors (Lipinski definition) is 2. The summed E-state index contributed by atoms with van der Waals surface area (Å²) in [7, 11) is 0. The fourth-order valence-corrected chi connectivity index (χ4v) is 2.89. The summed E-state index contributed by atoms with van der Waals surface area (Å²) in [6, 6.07) is 20.0. The number of ketones is 1. The molecule has 0 radical (unpaired) electrons. The molecule has 0 bridgehead atoms. The number of nitrogens with one attached hydrogen (secondary N) is 1. The van der Waals surface area contributed by atoms with Crippen LogP contribution in [0.4, 0.5) is 4.39 Å². The van der Waals surface area contributed by atoms with Gasteiger partial charge in [0, 0.05) is 17.5 Å². The second-order valence-corrected chi connectivity index (χ2v) is 6.50. The Labute approximate surface area is 167 Å². The standard InChI is InChI=1S/C23H19FN2O3/c24-19-9-5-4-8-18(19)23(29)26-20(22(25)28)14-15-10-12-17(13-11-15)21(27)16-6-2-1-3-7-16/h1-13,20H,14H2,(H2,25,28)(H,26,29)/t20-/m0/s1. The third-order valence-electron chi connectivity index (χ3n) is 4.46. The molecule has 0 aliphatic carbocycles. The highest BCUT2D eigenvalue weighted by Crippen LogP contribution is 2.13. The lowest BCUT2D eigenvalue weighted by molar-refractivity contribution is -0.119. The molecule has 0 heterocycles. The van der Waals surface area contributed by atoms with Crippen molar-refractivity contribution in [3.63, 3.8) is 0 Å². The van der Waals surface area contributed by atoms with Crippen molar-refractivity contribution in [3.05, 3.63) is 107 Å². The van der Waals surface area contributed by atoms with Gasteiger partial charge in [-0.3, -0.25) is 14.4 Å². The molecule has 0 spiro atoms. The maximum Gasteiger partial charge on any atom is 0.254 e. The number of amides is 2. The largest absolute Gasteiger partial charge is 0.368 e. The first-order valence-electron chi connectivity index (χ1n) is 8.99. The zero-order chi connectivity index (χ0) is 20.8. The molecule has 2 amide bonds. The topological polar surface area (TPSA) is 89.3 Å². The number of rotatable bonds is 7. The van der Waals surface area contributed by atoms with Gasteiger partial charge in [0.1, 0.15) is 11.9 Å². The summed E-state index contributed by atoms with van der Waals surface area (Å²) in [5.74, 6) is -2.25. The molecule has 6 heteroatoms. The van der Waals surface area contributed by atoms with Crippen LogP contribution in [0.15, 0.2) is 78.9 Å². The van der Waals surface area contributed by atoms with Gasteiger partial charge in [0.25, 0.3) is 5.91 Å². The monoisotopic (exact) mass is 390 g/mol. The molecule has 0 aliphatic heterocycles. The van der Waals surface area contributed by atoms with Gasteiger partial charge in [-0.05, 0) is 17.7 Å². The molecule has 3 aromatic rings. The molecule has 1 atom stereocenters. The first-order valence-corrected chi connectivity index (χ1v) is 8.99. The van der Waals surface area contributed by atoms with Crippen molar-refractivity contribution in [2.24, 2.45) is 5.73 Å². The molecule has 3 rings (SSSR count). The maximum absolute atomic E-state index is 13.8. The smallest absolute Gasteiger partial charge is 0.254 e. The van der Waals surface area contributed by atoms with Gasteiger partial charge >= 0.3 is 0 Å². The SMILES string of the molecule is NC(=O)[C@H](Cc1ccc(C(=O)c2ccccc2)cc1)NC(=O)c1ccccc1F. The minimum absolute atomic E-state index is 0.114. The lowest BCUT2D eigenvalue weighted by Gasteiger charge is -2.16. The third-order valence-corrected chi connectivity index (χ3v) is 4.46. The van der Waals surface area contributed by atoms with Crippen molar-refractivity contribution < 1.29 is 18.8 Å². The zero-order valence-electron chi connectivity index (χ0n) is 15.5. The highest BCUT2D eigenvalue weighted by molar-refractivity contribution is 6.09. The number of carbonyl (C=O) groups excluding carboxylic acids is 3. The van der Waals surface area contributed by atoms with Gasteiger partial charge in [-0.1, -0.05) is 66.7 Å². The van der Waals surface area contributed by atoms with Crippen LogP contribution in [0.3, 0.4) is 0 Å². The Balaban J connectivity index is 1.71. The predicted octanol–water partition coefficient (Wildman–Crippen LogP) is 2.88. The van der Waals surface area contributed by atoms with Gasteiger partial charge in [-0.25, -0.2) is 4.39 Å². The molecule has 146 valence electrons. The highest BCUT2D eigenvalue weighted by Gasteiger charge is 2.21. The van der Waals surface area contributed by atoms with Gasteiger partial charge in [0.05, 0.1) is 5.56 Å². The molecular formula is C23H19FN2O3. The van der Waals surface area contributed by atoms with Crippen molar-refractivity contribution in [2.45, 2.75) is 12.5 Å². The van der Waals surface area contributed by atoms with E-state index < -0.39 is 23.7 Å². The Morgan fingerprint density at radius 1 is 0.828 bits per heavy atom. The summed E-state index contributed by atoms with van der Waals surface area (Å²) in [5.41, 5.74) is 7.02. The maximum atomic E-state index is 13.8. The predicted molar refractivity (Wildman–Crippen MR) is 107 cm³/mol. The van der Waals surface area contributed by atoms with E-state index in [0.29, 0.717) is 16.7 Å². The summed E-state index contributed by atoms with van der Waals surface area (Å²) in [6.07, 6.45) is 0.120. The molecule has 0 aliphatic rings. The molecule has 0 aromatic heterocycles. The molecule has 0 fully saturated rings. The van der Waals surface area contributed by atoms with Crippen LogP contribution in [-0.2, 0) is 11.2 Å². The van der Waals surface area contributed by atoms with E-state index in [1.54, 1.807) is 48.5 Å². The van der Waals surface area contributed by atoms with E-state index in [9.17, 15) is 18.8 Å². The van der Waals surface area contributed by atoms with Gasteiger partial charge in [0.15, 0.2) is 5.78 Å². The van der Waals surface area contributed by atoms with Crippen LogP contribution in [0, 0.1) is 5.82 Å². The Kier molecular flexibility index (Phi) is 6.14. The molecule has 3 N–H and O–H groups in total. The first-order chi connectivity index (χ1) is 14.0. The Morgan fingerprint density at radius 3 is 2.03 bits per heavy atom. The fourth-order valence-electron chi connectivity index (χ4n) is 2.89. The van der Waals surface area contributed by atoms with Crippen LogP contribution in [0.5, 0.6) is 0 Å². The van der Waals surface area contributed by atoms with Crippen molar-refractivity contribution in [1.29, 1.82) is 0 Å². The fraction of sp³-hybridized carbons (Fsp3) is 0.0870. The number of primary amides is 1. The van der Waals surface area contributed by atoms with Crippen LogP contribution in [-0.4, -0.2) is 23.6 Å². The van der Waals surface area contributed by atoms with Crippen LogP contribution in [0.2, 0.25) is 0 Å². The van der Waals surface area contributed by atoms with Crippen LogP contribution in [0.1, 0.15) is 31.8 Å². The summed E-state index contributed by atoms with van der Waals surface area (Å²) in [5, 5.41) is 2.46. The van der Waals surface area contributed by atoms with Crippen LogP contribution >= 0.6 is 0 Å². The van der Waals surface area contributed by atoms with Gasteiger partial charge in [0.2, 0.25) is 5.91 Å². The molecule has 3 aromatic carbocycles. The van der Waals surface area contributed by atoms with Gasteiger partial charge in [-0.15, -0.1) is 0 Å². The molecular weight excluding hydrogens is 371 g/mol. The number of carbonyl (C=O) groups is 3. The number of halogens is 1. The zero-order valence-corrected chi connectivity index (χ0v) is 15.5. The number of hydrogen-bond acceptors (Lipinski definition) is 3. The van der Waals surface area contributed by atoms with Gasteiger partial charge in [-0.2, -0.15) is 0 Å². The van der Waals surface area contributed by atoms with E-state index in [2.05, 4.69) is 5.32 Å². The Morgan fingerprint density at radius 2 is 1.41 bits per heavy atom. The quantitative estimate of drug-likeness (QED) is 0.608. The lowest BCUT2D eigenvalue weighted by Crippen LogP contribution is -2.46. The third kappa shape index (κ3) is 4.93. The lowest BCUT2D eigenvalue weighted by atomic mass is 9.99. The summed E-state index contributed by atoms with van der Waals surface area (Å²) in [6.45, 7) is 0. The molecule has 29 heavy (non-hydrogen) atoms. The summed E-state index contributed by atoms with van der Waals surface area (Å²) < 4.78 is 13.8. The second kappa shape index (κ2) is 8.93. The van der Waals surface area contributed by atoms with Crippen molar-refractivity contribution in [3.8, 4) is 0 Å². The average Bonchev–Trinajstić information content (AvgIpc) is 2.74. The normalized spacial score (nSPS) is 11.5.